The number of imidazole rings is 2. The number of aromatic amines is 2. The number of aliphatic hydroxyl groups excluding tert-OH is 4. The smallest absolute Gasteiger partial charge is 0.295 e. The first-order valence-electron chi connectivity index (χ1n) is 26.8. The van der Waals surface area contributed by atoms with E-state index in [0.29, 0.717) is 73.8 Å². The van der Waals surface area contributed by atoms with Crippen LogP contribution >= 0.6 is 23.2 Å². The van der Waals surface area contributed by atoms with Crippen molar-refractivity contribution in [3.63, 3.8) is 0 Å². The van der Waals surface area contributed by atoms with E-state index >= 15 is 0 Å². The van der Waals surface area contributed by atoms with Crippen LogP contribution in [0.3, 0.4) is 0 Å². The van der Waals surface area contributed by atoms with E-state index in [0.717, 1.165) is 86.0 Å². The van der Waals surface area contributed by atoms with E-state index in [2.05, 4.69) is 73.8 Å². The number of nitrogens with two attached hydrogens (primary N) is 1. The average molecular weight is 1150 g/mol. The Morgan fingerprint density at radius 2 is 0.988 bits per heavy atom. The fourth-order valence-corrected chi connectivity index (χ4v) is 10.5. The van der Waals surface area contributed by atoms with Gasteiger partial charge in [0, 0.05) is 36.3 Å². The number of fused-ring (bicyclic) bond motifs is 4. The molecule has 0 saturated carbocycles. The van der Waals surface area contributed by atoms with Crippen molar-refractivity contribution >= 4 is 51.6 Å². The van der Waals surface area contributed by atoms with Crippen LogP contribution in [0.1, 0.15) is 15.9 Å². The number of rotatable bonds is 20. The molecular weight excluding hydrogens is 1080 g/mol. The highest BCUT2D eigenvalue weighted by molar-refractivity contribution is 6.34. The maximum atomic E-state index is 10.9. The number of hydrogen-bond acceptors (Lipinski definition) is 17. The molecule has 8 atom stereocenters. The molecule has 6 heterocycles. The van der Waals surface area contributed by atoms with Gasteiger partial charge in [-0.05, 0) is 63.2 Å². The molecule has 81 heavy (non-hydrogen) atoms. The number of H-pyrrole nitrogens is 2. The summed E-state index contributed by atoms with van der Waals surface area (Å²) in [7, 11) is 0. The third kappa shape index (κ3) is 14.1. The molecule has 0 bridgehead atoms. The summed E-state index contributed by atoms with van der Waals surface area (Å²) in [6.45, 7) is 5.21. The van der Waals surface area contributed by atoms with Gasteiger partial charge in [-0.3, -0.25) is 4.79 Å². The number of aromatic nitrogens is 4. The molecule has 0 radical (unpaired) electrons. The Hall–Kier alpha value is -6.37. The quantitative estimate of drug-likeness (QED) is 0.0289. The van der Waals surface area contributed by atoms with Gasteiger partial charge in [0.2, 0.25) is 0 Å². The second kappa shape index (κ2) is 27.6. The van der Waals surface area contributed by atoms with Gasteiger partial charge in [0.25, 0.3) is 12.0 Å². The topological polar surface area (TPSA) is 267 Å². The molecule has 4 aliphatic heterocycles. The summed E-state index contributed by atoms with van der Waals surface area (Å²) in [5.41, 5.74) is 17.9. The van der Waals surface area contributed by atoms with Gasteiger partial charge >= 0.3 is 0 Å². The van der Waals surface area contributed by atoms with Crippen LogP contribution in [-0.2, 0) is 35.0 Å². The first-order valence-corrected chi connectivity index (χ1v) is 27.5. The molecule has 19 nitrogen and oxygen atoms in total. The minimum absolute atomic E-state index is 0.0482. The van der Waals surface area contributed by atoms with Gasteiger partial charge in [-0.2, -0.15) is 9.97 Å². The summed E-state index contributed by atoms with van der Waals surface area (Å²) in [4.78, 5) is 26.4. The summed E-state index contributed by atoms with van der Waals surface area (Å²) in [6.07, 6.45) is -2.44. The standard InChI is InChI=1S/C30H32ClN3O6.C26H21ClN2O5.C4H11NO2/c31-23-14-25-24(33-30(34-25)40-27-17-39-28-26(36)16-38-29(27)28)13-22(23)21-7-5-20(6-8-21)19-3-1-18(2-4-19)15-32-9-11-37-12-10-35;27-19-10-21-20(28-26(29-21)34-23-13-33-24-22(31)12-32-25(23)24)9-18(19)17-7-5-16(6-8-17)15-3-1-14(11-30)2-4-15;5-1-3-7-4-2-6/h1-8,13-14,26-29,32,35-36H,9-12,15-17H2,(H,33,34);1-11,22-25,31H,12-13H2,(H,28,29);6H,1-5H2/t26-,27-,28-,29-;22-,23-,24-,25-;/m11./s1. The molecule has 12 rings (SSSR count). The summed E-state index contributed by atoms with van der Waals surface area (Å²) < 4.78 is 44.6. The molecule has 2 aromatic heterocycles. The predicted octanol–water partition coefficient (Wildman–Crippen LogP) is 6.78. The third-order valence-electron chi connectivity index (χ3n) is 14.1. The summed E-state index contributed by atoms with van der Waals surface area (Å²) in [5.74, 6) is 0. The Bertz CT molecular complexity index is 3310. The molecule has 8 aromatic rings. The highest BCUT2D eigenvalue weighted by Crippen LogP contribution is 2.37. The molecule has 21 heteroatoms. The number of ether oxygens (including phenoxy) is 8. The first kappa shape index (κ1) is 57.8. The van der Waals surface area contributed by atoms with Gasteiger partial charge in [-0.15, -0.1) is 0 Å². The maximum Gasteiger partial charge on any atom is 0.295 e. The molecule has 0 amide bonds. The summed E-state index contributed by atoms with van der Waals surface area (Å²) >= 11 is 13.3. The highest BCUT2D eigenvalue weighted by atomic mass is 35.5. The molecule has 4 aliphatic rings. The van der Waals surface area contributed by atoms with E-state index in [1.165, 1.54) is 5.56 Å². The lowest BCUT2D eigenvalue weighted by Crippen LogP contribution is -2.34. The lowest BCUT2D eigenvalue weighted by Gasteiger charge is -2.15. The fraction of sp³-hybridized carbons (Fsp3) is 0.350. The molecule has 0 aliphatic carbocycles. The zero-order chi connectivity index (χ0) is 56.2. The number of hydrogen-bond donors (Lipinski definition) is 8. The number of carbonyl (C=O) groups excluding carboxylic acids is 1. The minimum Gasteiger partial charge on any atom is -0.456 e. The lowest BCUT2D eigenvalue weighted by atomic mass is 9.99. The molecule has 0 spiro atoms. The summed E-state index contributed by atoms with van der Waals surface area (Å²) in [5, 5.41) is 41.3. The van der Waals surface area contributed by atoms with Gasteiger partial charge in [-0.25, -0.2) is 0 Å². The third-order valence-corrected chi connectivity index (χ3v) is 14.8. The van der Waals surface area contributed by atoms with Crippen molar-refractivity contribution in [1.82, 2.24) is 25.3 Å². The molecule has 9 N–H and O–H groups in total. The molecule has 426 valence electrons. The number of aliphatic hydroxyl groups is 4. The monoisotopic (exact) mass is 1150 g/mol. The van der Waals surface area contributed by atoms with Gasteiger partial charge < -0.3 is 79.3 Å². The van der Waals surface area contributed by atoms with E-state index in [1.807, 2.05) is 60.7 Å². The van der Waals surface area contributed by atoms with Gasteiger partial charge in [0.15, 0.2) is 12.2 Å². The van der Waals surface area contributed by atoms with Gasteiger partial charge in [-0.1, -0.05) is 120 Å². The van der Waals surface area contributed by atoms with Crippen molar-refractivity contribution in [3.8, 4) is 56.5 Å². The Morgan fingerprint density at radius 1 is 0.568 bits per heavy atom. The molecule has 0 unspecified atom stereocenters. The van der Waals surface area contributed by atoms with Crippen molar-refractivity contribution in [2.45, 2.75) is 55.4 Å². The Kier molecular flexibility index (Phi) is 19.7. The lowest BCUT2D eigenvalue weighted by molar-refractivity contribution is 0.00704. The Morgan fingerprint density at radius 3 is 1.43 bits per heavy atom. The van der Waals surface area contributed by atoms with Crippen molar-refractivity contribution < 1.29 is 63.1 Å². The second-order valence-corrected chi connectivity index (χ2v) is 20.5. The zero-order valence-corrected chi connectivity index (χ0v) is 45.6. The van der Waals surface area contributed by atoms with Crippen LogP contribution in [0.5, 0.6) is 12.0 Å². The number of benzene rings is 6. The molecule has 4 fully saturated rings. The van der Waals surface area contributed by atoms with E-state index in [4.69, 9.17) is 77.0 Å². The second-order valence-electron chi connectivity index (χ2n) is 19.7. The Labute approximate surface area is 477 Å². The molecule has 6 aromatic carbocycles. The number of carbonyl (C=O) groups is 1. The van der Waals surface area contributed by atoms with Crippen LogP contribution < -0.4 is 20.5 Å². The first-order chi connectivity index (χ1) is 39.6. The van der Waals surface area contributed by atoms with Crippen molar-refractivity contribution in [3.05, 3.63) is 142 Å². The van der Waals surface area contributed by atoms with Crippen LogP contribution in [0, 0.1) is 0 Å². The largest absolute Gasteiger partial charge is 0.456 e. The molecule has 4 saturated heterocycles. The summed E-state index contributed by atoms with van der Waals surface area (Å²) in [6, 6.07) is 40.6. The van der Waals surface area contributed by atoms with E-state index in [1.54, 1.807) is 12.1 Å². The number of aldehydes is 1. The maximum absolute atomic E-state index is 10.9. The van der Waals surface area contributed by atoms with Crippen LogP contribution in [0.4, 0.5) is 0 Å². The number of nitrogens with zero attached hydrogens (tertiary/aromatic N) is 2. The Balaban J connectivity index is 0.000000164. The van der Waals surface area contributed by atoms with Crippen LogP contribution in [0.15, 0.2) is 121 Å². The van der Waals surface area contributed by atoms with E-state index in [-0.39, 0.29) is 63.1 Å². The van der Waals surface area contributed by atoms with Crippen molar-refractivity contribution in [2.75, 3.05) is 79.2 Å². The zero-order valence-electron chi connectivity index (χ0n) is 44.1. The van der Waals surface area contributed by atoms with Crippen molar-refractivity contribution in [2.24, 2.45) is 5.73 Å². The SMILES string of the molecule is NCCOCCO.O=Cc1ccc(-c2ccc(-c3cc4nc(O[C@@H]5CO[C@H]6[C@@H]5OC[C@H]6O)[nH]c4cc3Cl)cc2)cc1.OCCOCCNCc1ccc(-c2ccc(-c3cc4nc(O[C@@H]5CO[C@H]6[C@@H]5OC[C@H]6O)[nH]c4cc3Cl)cc2)cc1. The number of halogens is 2. The van der Waals surface area contributed by atoms with Crippen LogP contribution in [0.25, 0.3) is 66.6 Å². The minimum atomic E-state index is -0.627. The fourth-order valence-electron chi connectivity index (χ4n) is 9.99. The molecular formula is C60H64Cl2N6O13. The van der Waals surface area contributed by atoms with E-state index < -0.39 is 12.2 Å². The average Bonchev–Trinajstić information content (AvgIpc) is 4.42. The van der Waals surface area contributed by atoms with Gasteiger partial charge in [0.1, 0.15) is 42.9 Å². The van der Waals surface area contributed by atoms with Gasteiger partial charge in [0.05, 0.1) is 98.2 Å². The predicted molar refractivity (Wildman–Crippen MR) is 306 cm³/mol. The van der Waals surface area contributed by atoms with Crippen LogP contribution in [0.2, 0.25) is 10.0 Å². The van der Waals surface area contributed by atoms with Crippen molar-refractivity contribution in [1.29, 1.82) is 0 Å². The van der Waals surface area contributed by atoms with Crippen LogP contribution in [-0.4, -0.2) is 175 Å². The van der Waals surface area contributed by atoms with E-state index in [9.17, 15) is 15.0 Å². The normalized spacial score (nSPS) is 21.8. The highest BCUT2D eigenvalue weighted by Gasteiger charge is 2.50. The number of nitrogens with one attached hydrogen (secondary N) is 3.